The van der Waals surface area contributed by atoms with Crippen molar-refractivity contribution in [1.82, 2.24) is 24.0 Å². The molecule has 1 amide bonds. The lowest BCUT2D eigenvalue weighted by Gasteiger charge is -2.35. The van der Waals surface area contributed by atoms with E-state index in [1.807, 2.05) is 45.0 Å². The third-order valence-corrected chi connectivity index (χ3v) is 16.8. The highest BCUT2D eigenvalue weighted by Crippen LogP contribution is 2.44. The second-order valence-electron chi connectivity index (χ2n) is 23.2. The molecule has 4 aromatic heterocycles. The summed E-state index contributed by atoms with van der Waals surface area (Å²) < 4.78 is 30.6. The van der Waals surface area contributed by atoms with Gasteiger partial charge in [0, 0.05) is 46.1 Å². The average molecular weight is 1110 g/mol. The molecule has 5 aliphatic heterocycles. The van der Waals surface area contributed by atoms with Gasteiger partial charge in [0.1, 0.15) is 24.9 Å². The van der Waals surface area contributed by atoms with Gasteiger partial charge in [-0.05, 0) is 146 Å². The molecule has 81 heavy (non-hydrogen) atoms. The van der Waals surface area contributed by atoms with Crippen LogP contribution in [0.1, 0.15) is 162 Å². The van der Waals surface area contributed by atoms with E-state index in [1.165, 1.54) is 11.1 Å². The molecule has 0 bridgehead atoms. The Labute approximate surface area is 470 Å². The number of aliphatic hydroxyl groups excluding tert-OH is 1. The molecule has 0 radical (unpaired) electrons. The van der Waals surface area contributed by atoms with Crippen molar-refractivity contribution >= 4 is 46.0 Å². The van der Waals surface area contributed by atoms with Crippen LogP contribution in [0.2, 0.25) is 0 Å². The Hall–Kier alpha value is -7.44. The van der Waals surface area contributed by atoms with Crippen LogP contribution in [0.5, 0.6) is 0 Å². The van der Waals surface area contributed by atoms with Gasteiger partial charge in [0.15, 0.2) is 5.60 Å². The first-order chi connectivity index (χ1) is 38.6. The van der Waals surface area contributed by atoms with Crippen LogP contribution < -0.4 is 11.1 Å². The first kappa shape index (κ1) is 56.8. The van der Waals surface area contributed by atoms with Crippen LogP contribution >= 0.6 is 0 Å². The number of fused-ring (bicyclic) bond motifs is 10. The molecule has 1 saturated carbocycles. The minimum atomic E-state index is -1.80. The maximum atomic E-state index is 13.8. The summed E-state index contributed by atoms with van der Waals surface area (Å²) in [6.45, 7) is 19.1. The standard InChI is InChI=1S/C30H32N2O6.C23H22N2O4.C10H19NO3/c1-4-19-20-13-17(3)11-12-24(20)31-26-21(19)15-32-25(26)14-23-22(27(32)33)16-36-28(34)30(23,5-2)38-29(35)37-18-9-7-6-8-10-18;1-4-13-14-8-12(3)6-7-18(14)24-20-15(13)10-25-19(20)9-17-16(21(25)26)11-29-22(27)23(17,28)5-2;1-10(2,3)14-9(13)11-6-4-8(12)5-7-11/h11-14,18H,4-10,15-16H2,1-3H3;6-9,28H,4-5,10-11H2,1-3H3;8,12H,4-7H2,1-3H3. The lowest BCUT2D eigenvalue weighted by Crippen LogP contribution is -2.48. The van der Waals surface area contributed by atoms with Gasteiger partial charge in [-0.3, -0.25) is 9.59 Å². The molecule has 2 fully saturated rings. The number of hydrogen-bond donors (Lipinski definition) is 2. The Bertz CT molecular complexity index is 3660. The third-order valence-electron chi connectivity index (χ3n) is 16.8. The van der Waals surface area contributed by atoms with E-state index in [4.69, 9.17) is 33.7 Å². The molecule has 2 aromatic carbocycles. The Balaban J connectivity index is 0.000000151. The van der Waals surface area contributed by atoms with E-state index < -0.39 is 34.9 Å². The number of piperidine rings is 1. The molecule has 2 atom stereocenters. The number of aliphatic hydroxyl groups is 2. The highest BCUT2D eigenvalue weighted by molar-refractivity contribution is 5.91. The number of cyclic esters (lactones) is 2. The predicted molar refractivity (Wildman–Crippen MR) is 303 cm³/mol. The molecule has 2 N–H and O–H groups in total. The number of nitrogens with zero attached hydrogens (tertiary/aromatic N) is 5. The van der Waals surface area contributed by atoms with Crippen molar-refractivity contribution in [1.29, 1.82) is 0 Å². The number of carbonyl (C=O) groups is 4. The highest BCUT2D eigenvalue weighted by atomic mass is 16.7. The fourth-order valence-corrected chi connectivity index (χ4v) is 12.4. The molecule has 18 heteroatoms. The van der Waals surface area contributed by atoms with E-state index in [0.717, 1.165) is 100 Å². The zero-order valence-corrected chi connectivity index (χ0v) is 47.9. The fraction of sp³-hybridized carbons (Fsp3) is 0.492. The molecular weight excluding hydrogens is 1030 g/mol. The Kier molecular flexibility index (Phi) is 15.5. The van der Waals surface area contributed by atoms with Gasteiger partial charge in [0.05, 0.1) is 64.1 Å². The largest absolute Gasteiger partial charge is 0.510 e. The second-order valence-corrected chi connectivity index (χ2v) is 23.2. The van der Waals surface area contributed by atoms with Crippen molar-refractivity contribution in [2.45, 2.75) is 188 Å². The number of rotatable bonds is 6. The second kappa shape index (κ2) is 22.1. The van der Waals surface area contributed by atoms with Gasteiger partial charge in [0.2, 0.25) is 5.60 Å². The zero-order chi connectivity index (χ0) is 57.9. The van der Waals surface area contributed by atoms with Crippen molar-refractivity contribution in [3.05, 3.63) is 125 Å². The monoisotopic (exact) mass is 1110 g/mol. The van der Waals surface area contributed by atoms with E-state index in [9.17, 15) is 39.0 Å². The third kappa shape index (κ3) is 10.4. The van der Waals surface area contributed by atoms with Crippen molar-refractivity contribution < 1.29 is 53.1 Å². The summed E-state index contributed by atoms with van der Waals surface area (Å²) in [5.41, 5.74) is 8.15. The molecule has 1 saturated heterocycles. The number of amides is 1. The maximum absolute atomic E-state index is 13.8. The minimum absolute atomic E-state index is 0.110. The summed E-state index contributed by atoms with van der Waals surface area (Å²) in [7, 11) is 0. The molecule has 9 heterocycles. The van der Waals surface area contributed by atoms with Crippen LogP contribution in [0.25, 0.3) is 44.6 Å². The normalized spacial score (nSPS) is 20.0. The summed E-state index contributed by atoms with van der Waals surface area (Å²) in [6, 6.07) is 15.9. The molecule has 18 nitrogen and oxygen atoms in total. The van der Waals surface area contributed by atoms with E-state index in [0.29, 0.717) is 72.7 Å². The van der Waals surface area contributed by atoms with E-state index in [-0.39, 0.29) is 55.5 Å². The number of benzene rings is 2. The number of hydrogen-bond acceptors (Lipinski definition) is 15. The molecular formula is C63H73N5O13. The van der Waals surface area contributed by atoms with Gasteiger partial charge in [-0.1, -0.05) is 57.4 Å². The van der Waals surface area contributed by atoms with Gasteiger partial charge in [-0.2, -0.15) is 0 Å². The number of aromatic nitrogens is 4. The van der Waals surface area contributed by atoms with Crippen molar-refractivity contribution in [2.24, 2.45) is 0 Å². The quantitative estimate of drug-likeness (QED) is 0.117. The zero-order valence-electron chi connectivity index (χ0n) is 47.9. The highest BCUT2D eigenvalue weighted by Gasteiger charge is 2.52. The molecule has 6 aliphatic rings. The number of ether oxygens (including phenoxy) is 5. The lowest BCUT2D eigenvalue weighted by atomic mass is 9.85. The smallest absolute Gasteiger partial charge is 0.458 e. The number of likely N-dealkylation sites (tertiary alicyclic amines) is 1. The van der Waals surface area contributed by atoms with Crippen molar-refractivity contribution in [3.8, 4) is 22.8 Å². The van der Waals surface area contributed by atoms with Gasteiger partial charge in [0.25, 0.3) is 11.1 Å². The van der Waals surface area contributed by atoms with E-state index >= 15 is 0 Å². The van der Waals surface area contributed by atoms with Crippen LogP contribution in [0.3, 0.4) is 0 Å². The van der Waals surface area contributed by atoms with Crippen LogP contribution in [0.4, 0.5) is 9.59 Å². The van der Waals surface area contributed by atoms with Gasteiger partial charge >= 0.3 is 24.2 Å². The SMILES string of the molecule is CC(C)(C)OC(=O)N1CCC(O)CC1.CCc1c2c(nc3ccc(C)cc13)-c1cc3c(c(=O)n1C2)COC(=O)C3(CC)OC(=O)OC1CCCCC1.CCc1c2c(nc3ccc(C)cc13)-c1cc3c(c(=O)n1C2)COC(=O)C3(O)CC. The van der Waals surface area contributed by atoms with Crippen LogP contribution in [-0.4, -0.2) is 89.3 Å². The summed E-state index contributed by atoms with van der Waals surface area (Å²) >= 11 is 0. The molecule has 0 spiro atoms. The van der Waals surface area contributed by atoms with E-state index in [1.54, 1.807) is 40.0 Å². The Morgan fingerprint density at radius 1 is 0.679 bits per heavy atom. The molecule has 2 unspecified atom stereocenters. The number of carbonyl (C=O) groups excluding carboxylic acids is 4. The number of esters is 2. The van der Waals surface area contributed by atoms with Crippen molar-refractivity contribution in [3.63, 3.8) is 0 Å². The molecule has 12 rings (SSSR count). The molecule has 428 valence electrons. The van der Waals surface area contributed by atoms with Crippen LogP contribution in [-0.2, 0) is 83.6 Å². The summed E-state index contributed by atoms with van der Waals surface area (Å²) in [5, 5.41) is 22.4. The average Bonchev–Trinajstić information content (AvgIpc) is 2.61. The maximum Gasteiger partial charge on any atom is 0.510 e. The molecule has 6 aromatic rings. The predicted octanol–water partition coefficient (Wildman–Crippen LogP) is 9.77. The Morgan fingerprint density at radius 2 is 1.19 bits per heavy atom. The minimum Gasteiger partial charge on any atom is -0.458 e. The van der Waals surface area contributed by atoms with Gasteiger partial charge in [-0.25, -0.2) is 29.1 Å². The number of pyridine rings is 4. The fourth-order valence-electron chi connectivity index (χ4n) is 12.4. The Morgan fingerprint density at radius 3 is 1.68 bits per heavy atom. The van der Waals surface area contributed by atoms with Gasteiger partial charge in [-0.15, -0.1) is 0 Å². The van der Waals surface area contributed by atoms with Crippen LogP contribution in [0, 0.1) is 13.8 Å². The summed E-state index contributed by atoms with van der Waals surface area (Å²) in [4.78, 5) is 88.5. The first-order valence-electron chi connectivity index (χ1n) is 28.6. The lowest BCUT2D eigenvalue weighted by molar-refractivity contribution is -0.176. The van der Waals surface area contributed by atoms with E-state index in [2.05, 4.69) is 39.8 Å². The molecule has 1 aliphatic carbocycles. The van der Waals surface area contributed by atoms with Crippen molar-refractivity contribution in [2.75, 3.05) is 13.1 Å². The van der Waals surface area contributed by atoms with Gasteiger partial charge < -0.3 is 47.9 Å². The summed E-state index contributed by atoms with van der Waals surface area (Å²) in [5.74, 6) is -1.39. The number of aryl methyl sites for hydroxylation is 4. The van der Waals surface area contributed by atoms with Crippen LogP contribution in [0.15, 0.2) is 58.1 Å². The first-order valence-corrected chi connectivity index (χ1v) is 28.6. The summed E-state index contributed by atoms with van der Waals surface area (Å²) in [6.07, 6.45) is 6.17. The topological polar surface area (TPSA) is 228 Å².